The highest BCUT2D eigenvalue weighted by atomic mass is 127. The molecule has 0 spiro atoms. The number of carbonyl (C=O) groups excluding carboxylic acids is 1. The molecule has 0 saturated heterocycles. The zero-order valence-corrected chi connectivity index (χ0v) is 24.6. The van der Waals surface area contributed by atoms with Crippen LogP contribution in [0.3, 0.4) is 0 Å². The third-order valence-electron chi connectivity index (χ3n) is 6.51. The van der Waals surface area contributed by atoms with Crippen LogP contribution in [-0.2, 0) is 17.2 Å². The molecule has 1 N–H and O–H groups in total. The summed E-state index contributed by atoms with van der Waals surface area (Å²) in [7, 11) is 1.63. The number of ether oxygens (including phenoxy) is 2. The number of nitrogens with zero attached hydrogens (tertiary/aromatic N) is 3. The molecule has 0 fully saturated rings. The number of amides is 1. The van der Waals surface area contributed by atoms with E-state index in [0.29, 0.717) is 34.7 Å². The van der Waals surface area contributed by atoms with Crippen molar-refractivity contribution in [1.29, 1.82) is 0 Å². The standard InChI is InChI=1S/C31H25IN4O3S/c1-38-26-17-22(16-24(32)28(26)39-18-20-10-4-2-5-11-20)29-33-25-15-9-8-14-23(25)27-30(37)34-31(35-36(27)29)40-19-21-12-6-3-7-13-21/h2-17,29H,18-19H2,1H3,(H,34,35,37). The molecule has 4 aromatic carbocycles. The summed E-state index contributed by atoms with van der Waals surface area (Å²) in [4.78, 5) is 18.5. The maximum Gasteiger partial charge on any atom is 0.276 e. The number of fused-ring (bicyclic) bond motifs is 2. The van der Waals surface area contributed by atoms with Gasteiger partial charge >= 0.3 is 0 Å². The van der Waals surface area contributed by atoms with Gasteiger partial charge < -0.3 is 9.47 Å². The third kappa shape index (κ3) is 5.44. The molecule has 1 atom stereocenters. The number of hydrazone groups is 1. The van der Waals surface area contributed by atoms with Crippen LogP contribution in [0.15, 0.2) is 107 Å². The highest BCUT2D eigenvalue weighted by molar-refractivity contribution is 14.1. The third-order valence-corrected chi connectivity index (χ3v) is 8.25. The fraction of sp³-hybridized carbons (Fsp3) is 0.129. The number of carbonyl (C=O) groups is 1. The Morgan fingerprint density at radius 3 is 2.40 bits per heavy atom. The van der Waals surface area contributed by atoms with E-state index >= 15 is 0 Å². The summed E-state index contributed by atoms with van der Waals surface area (Å²) in [5.41, 5.74) is 3.52. The SMILES string of the molecule is COc1cc(C2N=c3ccccc3=C3C(=O)NC(SCc4ccccc4)=NN32)cc(I)c1OCc1ccccc1. The summed E-state index contributed by atoms with van der Waals surface area (Å²) in [6.45, 7) is 0.421. The molecule has 1 unspecified atom stereocenters. The quantitative estimate of drug-likeness (QED) is 0.284. The minimum Gasteiger partial charge on any atom is -0.493 e. The summed E-state index contributed by atoms with van der Waals surface area (Å²) in [6, 6.07) is 31.7. The Hall–Kier alpha value is -3.83. The van der Waals surface area contributed by atoms with Crippen LogP contribution in [0.2, 0.25) is 0 Å². The number of nitrogens with one attached hydrogen (secondary N) is 1. The first-order valence-electron chi connectivity index (χ1n) is 12.7. The van der Waals surface area contributed by atoms with E-state index < -0.39 is 6.17 Å². The van der Waals surface area contributed by atoms with E-state index in [1.807, 2.05) is 84.9 Å². The second kappa shape index (κ2) is 11.7. The number of rotatable bonds is 7. The summed E-state index contributed by atoms with van der Waals surface area (Å²) in [5.74, 6) is 1.73. The zero-order valence-electron chi connectivity index (χ0n) is 21.6. The molecule has 0 bridgehead atoms. The molecule has 2 aliphatic rings. The normalized spacial score (nSPS) is 15.8. The summed E-state index contributed by atoms with van der Waals surface area (Å²) < 4.78 is 12.8. The molecule has 2 heterocycles. The monoisotopic (exact) mass is 660 g/mol. The number of para-hydroxylation sites is 1. The molecule has 1 amide bonds. The average Bonchev–Trinajstić information content (AvgIpc) is 2.99. The molecule has 2 aliphatic heterocycles. The largest absolute Gasteiger partial charge is 0.493 e. The van der Waals surface area contributed by atoms with E-state index in [2.05, 4.69) is 40.0 Å². The van der Waals surface area contributed by atoms with Gasteiger partial charge in [-0.15, -0.1) is 5.10 Å². The van der Waals surface area contributed by atoms with Gasteiger partial charge in [-0.2, -0.15) is 0 Å². The number of methoxy groups -OCH3 is 1. The molecule has 0 radical (unpaired) electrons. The van der Waals surface area contributed by atoms with Gasteiger partial charge in [0.2, 0.25) is 0 Å². The highest BCUT2D eigenvalue weighted by Crippen LogP contribution is 2.39. The second-order valence-electron chi connectivity index (χ2n) is 9.16. The molecule has 9 heteroatoms. The molecule has 6 rings (SSSR count). The minimum atomic E-state index is -0.561. The van der Waals surface area contributed by atoms with E-state index in [9.17, 15) is 4.79 Å². The van der Waals surface area contributed by atoms with Crippen LogP contribution in [0.5, 0.6) is 11.5 Å². The molecule has 40 heavy (non-hydrogen) atoms. The van der Waals surface area contributed by atoms with Gasteiger partial charge in [-0.1, -0.05) is 90.6 Å². The van der Waals surface area contributed by atoms with Crippen LogP contribution < -0.4 is 25.4 Å². The molecule has 4 aromatic rings. The maximum absolute atomic E-state index is 13.5. The van der Waals surface area contributed by atoms with Crippen LogP contribution in [0.25, 0.3) is 5.70 Å². The van der Waals surface area contributed by atoms with Crippen molar-refractivity contribution in [2.45, 2.75) is 18.5 Å². The van der Waals surface area contributed by atoms with Crippen LogP contribution in [-0.4, -0.2) is 23.2 Å². The van der Waals surface area contributed by atoms with Gasteiger partial charge in [-0.3, -0.25) is 15.1 Å². The number of amidine groups is 1. The molecule has 200 valence electrons. The zero-order chi connectivity index (χ0) is 27.5. The number of halogens is 1. The summed E-state index contributed by atoms with van der Waals surface area (Å²) >= 11 is 3.74. The summed E-state index contributed by atoms with van der Waals surface area (Å²) in [5, 5.41) is 11.6. The molecular weight excluding hydrogens is 635 g/mol. The van der Waals surface area contributed by atoms with Gasteiger partial charge in [0.25, 0.3) is 5.91 Å². The fourth-order valence-electron chi connectivity index (χ4n) is 4.59. The van der Waals surface area contributed by atoms with Gasteiger partial charge in [0, 0.05) is 16.5 Å². The molecule has 0 saturated carbocycles. The molecular formula is C31H25IN4O3S. The minimum absolute atomic E-state index is 0.206. The van der Waals surface area contributed by atoms with Crippen LogP contribution in [0, 0.1) is 3.57 Å². The lowest BCUT2D eigenvalue weighted by molar-refractivity contribution is -0.116. The van der Waals surface area contributed by atoms with Gasteiger partial charge in [0.15, 0.2) is 22.8 Å². The van der Waals surface area contributed by atoms with Crippen LogP contribution >= 0.6 is 34.4 Å². The van der Waals surface area contributed by atoms with Crippen molar-refractivity contribution in [2.75, 3.05) is 7.11 Å². The Labute approximate surface area is 249 Å². The fourth-order valence-corrected chi connectivity index (χ4v) is 6.18. The van der Waals surface area contributed by atoms with Crippen LogP contribution in [0.1, 0.15) is 22.9 Å². The smallest absolute Gasteiger partial charge is 0.276 e. The van der Waals surface area contributed by atoms with Crippen molar-refractivity contribution >= 4 is 51.1 Å². The van der Waals surface area contributed by atoms with Crippen LogP contribution in [0.4, 0.5) is 0 Å². The van der Waals surface area contributed by atoms with Crippen molar-refractivity contribution in [1.82, 2.24) is 10.3 Å². The molecule has 7 nitrogen and oxygen atoms in total. The topological polar surface area (TPSA) is 75.5 Å². The summed E-state index contributed by atoms with van der Waals surface area (Å²) in [6.07, 6.45) is -0.561. The Kier molecular flexibility index (Phi) is 7.74. The van der Waals surface area contributed by atoms with E-state index in [-0.39, 0.29) is 5.91 Å². The first-order valence-corrected chi connectivity index (χ1v) is 14.7. The Balaban J connectivity index is 1.37. The lowest BCUT2D eigenvalue weighted by Crippen LogP contribution is -2.50. The number of hydrogen-bond acceptors (Lipinski definition) is 7. The van der Waals surface area contributed by atoms with E-state index in [4.69, 9.17) is 19.6 Å². The number of hydrogen-bond donors (Lipinski definition) is 1. The van der Waals surface area contributed by atoms with Crippen molar-refractivity contribution in [3.8, 4) is 11.5 Å². The molecule has 0 aliphatic carbocycles. The Morgan fingerprint density at radius 2 is 1.65 bits per heavy atom. The van der Waals surface area contributed by atoms with Crippen molar-refractivity contribution in [2.24, 2.45) is 10.1 Å². The predicted octanol–water partition coefficient (Wildman–Crippen LogP) is 4.96. The number of benzene rings is 4. The Morgan fingerprint density at radius 1 is 0.950 bits per heavy atom. The average molecular weight is 661 g/mol. The number of thioether (sulfide) groups is 1. The van der Waals surface area contributed by atoms with Crippen molar-refractivity contribution < 1.29 is 14.3 Å². The molecule has 0 aromatic heterocycles. The highest BCUT2D eigenvalue weighted by Gasteiger charge is 2.35. The first kappa shape index (κ1) is 26.4. The maximum atomic E-state index is 13.5. The lowest BCUT2D eigenvalue weighted by atomic mass is 10.1. The predicted molar refractivity (Wildman–Crippen MR) is 165 cm³/mol. The Bertz CT molecular complexity index is 1710. The second-order valence-corrected chi connectivity index (χ2v) is 11.3. The van der Waals surface area contributed by atoms with E-state index in [1.165, 1.54) is 11.8 Å². The van der Waals surface area contributed by atoms with E-state index in [1.54, 1.807) is 12.1 Å². The van der Waals surface area contributed by atoms with Gasteiger partial charge in [-0.05, 0) is 51.9 Å². The van der Waals surface area contributed by atoms with Gasteiger partial charge in [0.1, 0.15) is 12.3 Å². The van der Waals surface area contributed by atoms with Gasteiger partial charge in [0.05, 0.1) is 16.0 Å². The lowest BCUT2D eigenvalue weighted by Gasteiger charge is -2.34. The van der Waals surface area contributed by atoms with E-state index in [0.717, 1.165) is 30.8 Å². The van der Waals surface area contributed by atoms with Crippen molar-refractivity contribution in [3.63, 3.8) is 0 Å². The van der Waals surface area contributed by atoms with Gasteiger partial charge in [-0.25, -0.2) is 5.01 Å². The first-order chi connectivity index (χ1) is 19.6. The van der Waals surface area contributed by atoms with Crippen molar-refractivity contribution in [3.05, 3.63) is 128 Å².